The maximum atomic E-state index is 12.2. The highest BCUT2D eigenvalue weighted by Gasteiger charge is 2.19. The number of hydrogen-bond donors (Lipinski definition) is 2. The summed E-state index contributed by atoms with van der Waals surface area (Å²) in [6.07, 6.45) is 1.56. The number of sulfonamides is 1. The van der Waals surface area contributed by atoms with Crippen molar-refractivity contribution in [1.82, 2.24) is 9.71 Å². The van der Waals surface area contributed by atoms with Crippen LogP contribution in [0.3, 0.4) is 0 Å². The molecule has 108 valence electrons. The molecule has 0 saturated heterocycles. The van der Waals surface area contributed by atoms with Crippen molar-refractivity contribution in [3.8, 4) is 0 Å². The molecule has 0 aromatic carbocycles. The summed E-state index contributed by atoms with van der Waals surface area (Å²) in [5.74, 6) is 0.482. The molecular formula is C12H21N3O3S. The third-order valence-corrected chi connectivity index (χ3v) is 3.93. The molecule has 0 aliphatic rings. The standard InChI is InChI=1S/C12H21N3O3S/c1-4-13-12-11(6-5-7-14-12)19(16,17)15-8-10(2)9-18-3/h5-7,10,15H,4,8-9H2,1-3H3,(H,13,14). The molecule has 0 saturated carbocycles. The maximum absolute atomic E-state index is 12.2. The van der Waals surface area contributed by atoms with E-state index in [-0.39, 0.29) is 10.8 Å². The van der Waals surface area contributed by atoms with Crippen LogP contribution in [0.25, 0.3) is 0 Å². The first-order valence-electron chi connectivity index (χ1n) is 6.18. The van der Waals surface area contributed by atoms with Crippen molar-refractivity contribution in [3.05, 3.63) is 18.3 Å². The van der Waals surface area contributed by atoms with Crippen molar-refractivity contribution in [3.63, 3.8) is 0 Å². The van der Waals surface area contributed by atoms with Crippen molar-refractivity contribution < 1.29 is 13.2 Å². The van der Waals surface area contributed by atoms with Crippen LogP contribution in [0.15, 0.2) is 23.2 Å². The number of aromatic nitrogens is 1. The zero-order valence-corrected chi connectivity index (χ0v) is 12.3. The molecule has 0 bridgehead atoms. The van der Waals surface area contributed by atoms with Gasteiger partial charge in [0, 0.05) is 33.0 Å². The fraction of sp³-hybridized carbons (Fsp3) is 0.583. The second kappa shape index (κ2) is 7.42. The van der Waals surface area contributed by atoms with Crippen molar-refractivity contribution in [2.45, 2.75) is 18.7 Å². The predicted octanol–water partition coefficient (Wildman–Crippen LogP) is 1.07. The molecule has 1 rings (SSSR count). The van der Waals surface area contributed by atoms with Crippen molar-refractivity contribution in [1.29, 1.82) is 0 Å². The molecule has 0 amide bonds. The normalized spacial score (nSPS) is 13.2. The van der Waals surface area contributed by atoms with Crippen LogP contribution in [-0.2, 0) is 14.8 Å². The van der Waals surface area contributed by atoms with Gasteiger partial charge < -0.3 is 10.1 Å². The van der Waals surface area contributed by atoms with E-state index in [1.165, 1.54) is 6.07 Å². The average Bonchev–Trinajstić information content (AvgIpc) is 2.38. The maximum Gasteiger partial charge on any atom is 0.244 e. The minimum Gasteiger partial charge on any atom is -0.384 e. The Morgan fingerprint density at radius 1 is 1.47 bits per heavy atom. The molecule has 2 N–H and O–H groups in total. The number of methoxy groups -OCH3 is 1. The Hall–Kier alpha value is -1.18. The number of nitrogens with zero attached hydrogens (tertiary/aromatic N) is 1. The van der Waals surface area contributed by atoms with Gasteiger partial charge in [0.1, 0.15) is 10.7 Å². The van der Waals surface area contributed by atoms with Crippen LogP contribution in [0.1, 0.15) is 13.8 Å². The Morgan fingerprint density at radius 3 is 2.84 bits per heavy atom. The van der Waals surface area contributed by atoms with Gasteiger partial charge in [-0.1, -0.05) is 6.92 Å². The molecule has 1 atom stereocenters. The van der Waals surface area contributed by atoms with Crippen LogP contribution < -0.4 is 10.0 Å². The van der Waals surface area contributed by atoms with Gasteiger partial charge >= 0.3 is 0 Å². The van der Waals surface area contributed by atoms with Gasteiger partial charge in [-0.05, 0) is 25.0 Å². The number of rotatable bonds is 8. The van der Waals surface area contributed by atoms with E-state index < -0.39 is 10.0 Å². The zero-order valence-electron chi connectivity index (χ0n) is 11.5. The smallest absolute Gasteiger partial charge is 0.244 e. The molecular weight excluding hydrogens is 266 g/mol. The van der Waals surface area contributed by atoms with Crippen LogP contribution in [0.4, 0.5) is 5.82 Å². The minimum atomic E-state index is -3.56. The summed E-state index contributed by atoms with van der Waals surface area (Å²) in [7, 11) is -1.96. The van der Waals surface area contributed by atoms with Crippen LogP contribution >= 0.6 is 0 Å². The number of hydrogen-bond acceptors (Lipinski definition) is 5. The first kappa shape index (κ1) is 15.9. The van der Waals surface area contributed by atoms with Crippen molar-refractivity contribution in [2.75, 3.05) is 32.1 Å². The van der Waals surface area contributed by atoms with Crippen LogP contribution in [0.2, 0.25) is 0 Å². The quantitative estimate of drug-likeness (QED) is 0.747. The lowest BCUT2D eigenvalue weighted by molar-refractivity contribution is 0.161. The Morgan fingerprint density at radius 2 is 2.21 bits per heavy atom. The summed E-state index contributed by atoms with van der Waals surface area (Å²) in [5, 5.41) is 2.94. The monoisotopic (exact) mass is 287 g/mol. The van der Waals surface area contributed by atoms with E-state index in [4.69, 9.17) is 4.74 Å². The second-order valence-corrected chi connectivity index (χ2v) is 6.03. The summed E-state index contributed by atoms with van der Waals surface area (Å²) in [5.41, 5.74) is 0. The van der Waals surface area contributed by atoms with E-state index in [2.05, 4.69) is 15.0 Å². The summed E-state index contributed by atoms with van der Waals surface area (Å²) >= 11 is 0. The third-order valence-electron chi connectivity index (χ3n) is 2.48. The largest absolute Gasteiger partial charge is 0.384 e. The van der Waals surface area contributed by atoms with Crippen LogP contribution in [0, 0.1) is 5.92 Å². The van der Waals surface area contributed by atoms with Crippen molar-refractivity contribution in [2.24, 2.45) is 5.92 Å². The topological polar surface area (TPSA) is 80.3 Å². The Kier molecular flexibility index (Phi) is 6.20. The number of ether oxygens (including phenoxy) is 1. The van der Waals surface area contributed by atoms with Gasteiger partial charge in [0.25, 0.3) is 0 Å². The van der Waals surface area contributed by atoms with Gasteiger partial charge in [0.05, 0.1) is 0 Å². The lowest BCUT2D eigenvalue weighted by Gasteiger charge is -2.14. The van der Waals surface area contributed by atoms with Gasteiger partial charge in [-0.2, -0.15) is 0 Å². The molecule has 0 aliphatic carbocycles. The molecule has 1 aromatic rings. The van der Waals surface area contributed by atoms with Gasteiger partial charge in [0.15, 0.2) is 0 Å². The molecule has 1 heterocycles. The minimum absolute atomic E-state index is 0.110. The zero-order chi connectivity index (χ0) is 14.3. The molecule has 19 heavy (non-hydrogen) atoms. The summed E-state index contributed by atoms with van der Waals surface area (Å²) in [4.78, 5) is 4.21. The fourth-order valence-corrected chi connectivity index (χ4v) is 2.88. The van der Waals surface area contributed by atoms with E-state index >= 15 is 0 Å². The molecule has 0 fully saturated rings. The van der Waals surface area contributed by atoms with E-state index in [0.717, 1.165) is 0 Å². The summed E-state index contributed by atoms with van der Waals surface area (Å²) in [6, 6.07) is 3.14. The number of pyridine rings is 1. The summed E-state index contributed by atoms with van der Waals surface area (Å²) in [6.45, 7) is 5.26. The lowest BCUT2D eigenvalue weighted by atomic mass is 10.2. The van der Waals surface area contributed by atoms with E-state index in [9.17, 15) is 8.42 Å². The third kappa shape index (κ3) is 4.77. The van der Waals surface area contributed by atoms with Crippen LogP contribution in [0.5, 0.6) is 0 Å². The Bertz CT molecular complexity index is 491. The molecule has 0 aliphatic heterocycles. The number of nitrogens with one attached hydrogen (secondary N) is 2. The van der Waals surface area contributed by atoms with Crippen LogP contribution in [-0.4, -0.2) is 40.2 Å². The number of anilines is 1. The first-order valence-corrected chi connectivity index (χ1v) is 7.67. The van der Waals surface area contributed by atoms with Crippen molar-refractivity contribution >= 4 is 15.8 Å². The summed E-state index contributed by atoms with van der Waals surface area (Å²) < 4.78 is 32.0. The first-order chi connectivity index (χ1) is 9.01. The lowest BCUT2D eigenvalue weighted by Crippen LogP contribution is -2.30. The van der Waals surface area contributed by atoms with Gasteiger partial charge in [-0.25, -0.2) is 18.1 Å². The molecule has 6 nitrogen and oxygen atoms in total. The fourth-order valence-electron chi connectivity index (χ4n) is 1.58. The van der Waals surface area contributed by atoms with E-state index in [1.54, 1.807) is 19.4 Å². The molecule has 1 aromatic heterocycles. The SMILES string of the molecule is CCNc1ncccc1S(=O)(=O)NCC(C)COC. The van der Waals surface area contributed by atoms with Gasteiger partial charge in [-0.15, -0.1) is 0 Å². The second-order valence-electron chi connectivity index (χ2n) is 4.29. The highest BCUT2D eigenvalue weighted by Crippen LogP contribution is 2.17. The van der Waals surface area contributed by atoms with Gasteiger partial charge in [0.2, 0.25) is 10.0 Å². The van der Waals surface area contributed by atoms with E-state index in [1.807, 2.05) is 13.8 Å². The highest BCUT2D eigenvalue weighted by atomic mass is 32.2. The highest BCUT2D eigenvalue weighted by molar-refractivity contribution is 7.89. The van der Waals surface area contributed by atoms with E-state index in [0.29, 0.717) is 25.5 Å². The molecule has 0 spiro atoms. The predicted molar refractivity (Wildman–Crippen MR) is 74.6 cm³/mol. The Labute approximate surface area is 114 Å². The molecule has 1 unspecified atom stereocenters. The van der Waals surface area contributed by atoms with Gasteiger partial charge in [-0.3, -0.25) is 0 Å². The molecule has 7 heteroatoms. The average molecular weight is 287 g/mol. The molecule has 0 radical (unpaired) electrons. The Balaban J connectivity index is 2.82.